The Balaban J connectivity index is 1.69. The Bertz CT molecular complexity index is 1240. The molecule has 1 aliphatic heterocycles. The van der Waals surface area contributed by atoms with E-state index in [9.17, 15) is 19.5 Å². The molecule has 3 aromatic rings. The quantitative estimate of drug-likeness (QED) is 0.330. The smallest absolute Gasteiger partial charge is 0.338 e. The fourth-order valence-electron chi connectivity index (χ4n) is 4.26. The van der Waals surface area contributed by atoms with Crippen LogP contribution < -0.4 is 0 Å². The summed E-state index contributed by atoms with van der Waals surface area (Å²) in [5.41, 5.74) is 3.57. The molecule has 0 bridgehead atoms. The van der Waals surface area contributed by atoms with Gasteiger partial charge in [-0.05, 0) is 57.2 Å². The van der Waals surface area contributed by atoms with E-state index in [1.54, 1.807) is 72.8 Å². The summed E-state index contributed by atoms with van der Waals surface area (Å²) in [7, 11) is 1.32. The number of rotatable bonds is 8. The summed E-state index contributed by atoms with van der Waals surface area (Å²) in [5.74, 6) is -2.20. The van der Waals surface area contributed by atoms with Crippen molar-refractivity contribution in [2.75, 3.05) is 13.7 Å². The molecule has 9 heteroatoms. The Kier molecular flexibility index (Phi) is 9.31. The van der Waals surface area contributed by atoms with Gasteiger partial charge in [0.2, 0.25) is 0 Å². The van der Waals surface area contributed by atoms with Crippen LogP contribution in [0.5, 0.6) is 0 Å². The van der Waals surface area contributed by atoms with Crippen LogP contribution in [-0.4, -0.2) is 67.4 Å². The minimum atomic E-state index is -1.38. The first-order valence-electron chi connectivity index (χ1n) is 12.8. The summed E-state index contributed by atoms with van der Waals surface area (Å²) in [6.45, 7) is 5.05. The summed E-state index contributed by atoms with van der Waals surface area (Å²) >= 11 is 0. The van der Waals surface area contributed by atoms with Crippen molar-refractivity contribution in [2.24, 2.45) is 0 Å². The molecular weight excluding hydrogens is 516 g/mol. The first-order chi connectivity index (χ1) is 19.2. The van der Waals surface area contributed by atoms with E-state index in [1.165, 1.54) is 7.11 Å². The maximum Gasteiger partial charge on any atom is 0.338 e. The van der Waals surface area contributed by atoms with E-state index in [0.717, 1.165) is 16.7 Å². The molecule has 1 N–H and O–H groups in total. The lowest BCUT2D eigenvalue weighted by molar-refractivity contribution is -0.292. The second-order valence-corrected chi connectivity index (χ2v) is 9.67. The van der Waals surface area contributed by atoms with Gasteiger partial charge in [0, 0.05) is 7.11 Å². The molecule has 210 valence electrons. The largest absolute Gasteiger partial charge is 0.452 e. The summed E-state index contributed by atoms with van der Waals surface area (Å²) < 4.78 is 28.7. The number of benzene rings is 3. The number of hydrogen-bond acceptors (Lipinski definition) is 9. The lowest BCUT2D eigenvalue weighted by Crippen LogP contribution is -2.62. The van der Waals surface area contributed by atoms with Crippen molar-refractivity contribution in [3.8, 4) is 0 Å². The Labute approximate surface area is 232 Å². The van der Waals surface area contributed by atoms with Gasteiger partial charge in [-0.3, -0.25) is 0 Å². The summed E-state index contributed by atoms with van der Waals surface area (Å²) in [6.07, 6.45) is -6.45. The molecule has 3 aromatic carbocycles. The Morgan fingerprint density at radius 2 is 0.975 bits per heavy atom. The number of methoxy groups -OCH3 is 1. The molecule has 9 nitrogen and oxygen atoms in total. The molecule has 0 unspecified atom stereocenters. The molecule has 1 heterocycles. The molecule has 1 saturated heterocycles. The zero-order chi connectivity index (χ0) is 28.8. The minimum Gasteiger partial charge on any atom is -0.452 e. The number of carbonyl (C=O) groups is 3. The van der Waals surface area contributed by atoms with Gasteiger partial charge in [0.1, 0.15) is 6.10 Å². The molecule has 40 heavy (non-hydrogen) atoms. The number of ether oxygens (including phenoxy) is 5. The van der Waals surface area contributed by atoms with Crippen LogP contribution in [0.4, 0.5) is 0 Å². The van der Waals surface area contributed by atoms with Gasteiger partial charge < -0.3 is 28.8 Å². The molecule has 4 rings (SSSR count). The number of aryl methyl sites for hydroxylation is 3. The first-order valence-corrected chi connectivity index (χ1v) is 12.8. The van der Waals surface area contributed by atoms with Crippen LogP contribution >= 0.6 is 0 Å². The van der Waals surface area contributed by atoms with Gasteiger partial charge in [0.25, 0.3) is 0 Å². The molecule has 0 radical (unpaired) electrons. The van der Waals surface area contributed by atoms with E-state index in [2.05, 4.69) is 0 Å². The van der Waals surface area contributed by atoms with Crippen LogP contribution in [0.15, 0.2) is 72.8 Å². The summed E-state index contributed by atoms with van der Waals surface area (Å²) in [5, 5.41) is 10.1. The van der Waals surface area contributed by atoms with Gasteiger partial charge in [-0.15, -0.1) is 0 Å². The van der Waals surface area contributed by atoms with Gasteiger partial charge in [0.05, 0.1) is 23.3 Å². The highest BCUT2D eigenvalue weighted by molar-refractivity contribution is 5.91. The van der Waals surface area contributed by atoms with E-state index in [-0.39, 0.29) is 16.7 Å². The van der Waals surface area contributed by atoms with E-state index >= 15 is 0 Å². The standard InChI is InChI=1S/C31H32O9/c1-18-5-11-21(12-6-18)28(33)38-25-24(17-32)37-31(36-4)27(40-30(35)23-15-9-20(3)10-16-23)26(25)39-29(34)22-13-7-19(2)8-14-22/h5-16,24-27,31-32H,17H2,1-4H3/t24-,25-,26+,27+,31+/m1/s1. The molecule has 0 saturated carbocycles. The normalized spacial score (nSPS) is 22.3. The van der Waals surface area contributed by atoms with E-state index in [4.69, 9.17) is 23.7 Å². The van der Waals surface area contributed by atoms with Crippen molar-refractivity contribution in [1.29, 1.82) is 0 Å². The van der Waals surface area contributed by atoms with Crippen molar-refractivity contribution >= 4 is 17.9 Å². The average Bonchev–Trinajstić information content (AvgIpc) is 2.95. The second kappa shape index (κ2) is 12.9. The molecule has 0 aromatic heterocycles. The Morgan fingerprint density at radius 1 is 0.625 bits per heavy atom. The van der Waals surface area contributed by atoms with Crippen LogP contribution in [0.25, 0.3) is 0 Å². The van der Waals surface area contributed by atoms with E-state index in [1.807, 2.05) is 20.8 Å². The molecule has 5 atom stereocenters. The third kappa shape index (κ3) is 6.74. The number of esters is 3. The second-order valence-electron chi connectivity index (χ2n) is 9.67. The van der Waals surface area contributed by atoms with Crippen molar-refractivity contribution < 1.29 is 43.2 Å². The van der Waals surface area contributed by atoms with Crippen LogP contribution in [-0.2, 0) is 23.7 Å². The van der Waals surface area contributed by atoms with Crippen molar-refractivity contribution in [2.45, 2.75) is 51.5 Å². The summed E-state index contributed by atoms with van der Waals surface area (Å²) in [4.78, 5) is 39.5. The fraction of sp³-hybridized carbons (Fsp3) is 0.323. The zero-order valence-electron chi connectivity index (χ0n) is 22.7. The molecule has 1 fully saturated rings. The van der Waals surface area contributed by atoms with Crippen LogP contribution in [0.1, 0.15) is 47.8 Å². The lowest BCUT2D eigenvalue weighted by Gasteiger charge is -2.43. The third-order valence-corrected chi connectivity index (χ3v) is 6.59. The predicted molar refractivity (Wildman–Crippen MR) is 144 cm³/mol. The maximum atomic E-state index is 13.2. The number of aliphatic hydroxyl groups excluding tert-OH is 1. The van der Waals surface area contributed by atoms with Gasteiger partial charge in [-0.2, -0.15) is 0 Å². The van der Waals surface area contributed by atoms with E-state index < -0.39 is 55.2 Å². The van der Waals surface area contributed by atoms with Crippen molar-refractivity contribution in [3.05, 3.63) is 106 Å². The fourth-order valence-corrected chi connectivity index (χ4v) is 4.26. The third-order valence-electron chi connectivity index (χ3n) is 6.59. The number of hydrogen-bond donors (Lipinski definition) is 1. The number of carbonyl (C=O) groups excluding carboxylic acids is 3. The maximum absolute atomic E-state index is 13.2. The predicted octanol–water partition coefficient (Wildman–Crippen LogP) is 3.95. The van der Waals surface area contributed by atoms with Crippen molar-refractivity contribution in [3.63, 3.8) is 0 Å². The van der Waals surface area contributed by atoms with Crippen LogP contribution in [0.2, 0.25) is 0 Å². The van der Waals surface area contributed by atoms with Crippen LogP contribution in [0, 0.1) is 20.8 Å². The van der Waals surface area contributed by atoms with Gasteiger partial charge >= 0.3 is 17.9 Å². The average molecular weight is 549 g/mol. The minimum absolute atomic E-state index is 0.235. The van der Waals surface area contributed by atoms with E-state index in [0.29, 0.717) is 0 Å². The van der Waals surface area contributed by atoms with Crippen LogP contribution in [0.3, 0.4) is 0 Å². The van der Waals surface area contributed by atoms with Crippen molar-refractivity contribution in [1.82, 2.24) is 0 Å². The highest BCUT2D eigenvalue weighted by atomic mass is 16.7. The Hall–Kier alpha value is -4.05. The molecule has 1 aliphatic rings. The number of aliphatic hydroxyl groups is 1. The first kappa shape index (κ1) is 28.9. The summed E-state index contributed by atoms with van der Waals surface area (Å²) in [6, 6.07) is 20.1. The molecular formula is C31H32O9. The molecule has 0 aliphatic carbocycles. The Morgan fingerprint density at radius 3 is 1.32 bits per heavy atom. The molecule has 0 spiro atoms. The topological polar surface area (TPSA) is 118 Å². The zero-order valence-corrected chi connectivity index (χ0v) is 22.7. The highest BCUT2D eigenvalue weighted by Crippen LogP contribution is 2.31. The molecule has 0 amide bonds. The highest BCUT2D eigenvalue weighted by Gasteiger charge is 2.52. The van der Waals surface area contributed by atoms with Gasteiger partial charge in [-0.1, -0.05) is 53.1 Å². The monoisotopic (exact) mass is 548 g/mol. The lowest BCUT2D eigenvalue weighted by atomic mass is 9.97. The SMILES string of the molecule is CO[C@H]1O[C@H](CO)[C@@H](OC(=O)c2ccc(C)cc2)[C@H](OC(=O)c2ccc(C)cc2)[C@@H]1OC(=O)c1ccc(C)cc1. The van der Waals surface area contributed by atoms with Gasteiger partial charge in [0.15, 0.2) is 24.6 Å². The van der Waals surface area contributed by atoms with Gasteiger partial charge in [-0.25, -0.2) is 14.4 Å².